The fourth-order valence-electron chi connectivity index (χ4n) is 6.03. The Hall–Kier alpha value is -3.37. The molecule has 4 aromatic carbocycles. The zero-order valence-electron chi connectivity index (χ0n) is 36.1. The van der Waals surface area contributed by atoms with Crippen LogP contribution in [-0.4, -0.2) is 15.9 Å². The SMILES string of the molecule is CCC(CC)C(=O)/C=C(\O)C(CC)CC.[2H]C([2H])([2H])C(c1cc(-c2nccc3c2sc2cc4ccccc4cc23)[c-]c2ccccc12)(C([2H])([2H])[2H])C([2H])([2H])[2H].[Ir]. The van der Waals surface area contributed by atoms with E-state index in [-0.39, 0.29) is 54.4 Å². The third-order valence-corrected chi connectivity index (χ3v) is 9.95. The molecule has 3 nitrogen and oxygen atoms in total. The Morgan fingerprint density at radius 3 is 2.17 bits per heavy atom. The van der Waals surface area contributed by atoms with Crippen LogP contribution in [0.3, 0.4) is 0 Å². The molecule has 0 unspecified atom stereocenters. The second-order valence-corrected chi connectivity index (χ2v) is 12.8. The van der Waals surface area contributed by atoms with Crippen LogP contribution in [0.5, 0.6) is 0 Å². The first-order valence-electron chi connectivity index (χ1n) is 20.4. The molecule has 6 aromatic rings. The van der Waals surface area contributed by atoms with Crippen molar-refractivity contribution in [3.8, 4) is 11.3 Å². The van der Waals surface area contributed by atoms with Gasteiger partial charge in [-0.2, -0.15) is 0 Å². The van der Waals surface area contributed by atoms with Crippen molar-refractivity contribution in [3.63, 3.8) is 0 Å². The average molecular weight is 830 g/mol. The Morgan fingerprint density at radius 1 is 0.872 bits per heavy atom. The van der Waals surface area contributed by atoms with Gasteiger partial charge in [-0.3, -0.25) is 9.78 Å². The quantitative estimate of drug-likeness (QED) is 0.0944. The predicted molar refractivity (Wildman–Crippen MR) is 199 cm³/mol. The Morgan fingerprint density at radius 2 is 1.51 bits per heavy atom. The molecule has 2 heterocycles. The molecule has 1 radical (unpaired) electrons. The number of hydrogen-bond donors (Lipinski definition) is 1. The van der Waals surface area contributed by atoms with Gasteiger partial charge in [0.25, 0.3) is 0 Å². The second kappa shape index (κ2) is 15.7. The smallest absolute Gasteiger partial charge is 0.162 e. The minimum Gasteiger partial charge on any atom is -0.512 e. The first-order chi connectivity index (χ1) is 25.8. The van der Waals surface area contributed by atoms with Crippen LogP contribution in [0.2, 0.25) is 0 Å². The summed E-state index contributed by atoms with van der Waals surface area (Å²) in [7, 11) is 0. The van der Waals surface area contributed by atoms with Gasteiger partial charge in [0.15, 0.2) is 5.78 Å². The number of nitrogens with zero attached hydrogens (tertiary/aromatic N) is 1. The summed E-state index contributed by atoms with van der Waals surface area (Å²) in [5, 5.41) is 14.5. The molecule has 2 aromatic heterocycles. The van der Waals surface area contributed by atoms with E-state index in [1.165, 1.54) is 23.5 Å². The summed E-state index contributed by atoms with van der Waals surface area (Å²) in [6, 6.07) is 25.4. The summed E-state index contributed by atoms with van der Waals surface area (Å²) in [5.74, 6) is 0.547. The van der Waals surface area contributed by atoms with Crippen molar-refractivity contribution in [3.05, 3.63) is 102 Å². The number of aromatic nitrogens is 1. The maximum Gasteiger partial charge on any atom is 0.162 e. The number of pyridine rings is 1. The molecule has 0 amide bonds. The minimum atomic E-state index is -3.39. The van der Waals surface area contributed by atoms with Crippen LogP contribution in [0, 0.1) is 17.9 Å². The Labute approximate surface area is 310 Å². The summed E-state index contributed by atoms with van der Waals surface area (Å²) in [4.78, 5) is 16.3. The molecule has 0 atom stereocenters. The first kappa shape index (κ1) is 25.6. The Kier molecular flexibility index (Phi) is 8.55. The molecule has 0 saturated heterocycles. The third kappa shape index (κ3) is 7.86. The standard InChI is InChI=1S/C29H22NS.C13H24O2.Ir/c1-29(2,3)25-16-21(14-20-10-6-7-11-22(20)25)27-28-23(12-13-30-27)24-15-18-8-4-5-9-19(18)17-26(24)31-28;1-5-10(6-2)12(14)9-13(15)11(7-3)8-4;/h4-13,15-17H,1-3H3;9-11,14H,5-8H2,1-4H3;/q-1;;/b;12-9-;/i1D3,2D3,3D3;;. The zero-order valence-corrected chi connectivity index (χ0v) is 30.3. The van der Waals surface area contributed by atoms with Gasteiger partial charge >= 0.3 is 0 Å². The van der Waals surface area contributed by atoms with Crippen molar-refractivity contribution < 1.29 is 42.3 Å². The predicted octanol–water partition coefficient (Wildman–Crippen LogP) is 12.4. The van der Waals surface area contributed by atoms with Crippen LogP contribution in [0.1, 0.15) is 91.8 Å². The zero-order chi connectivity index (χ0) is 40.5. The topological polar surface area (TPSA) is 50.2 Å². The number of ketones is 1. The van der Waals surface area contributed by atoms with E-state index in [9.17, 15) is 9.90 Å². The number of rotatable bonds is 8. The van der Waals surface area contributed by atoms with Crippen LogP contribution in [0.4, 0.5) is 0 Å². The first-order valence-corrected chi connectivity index (χ1v) is 16.8. The molecule has 0 fully saturated rings. The molecule has 0 saturated carbocycles. The van der Waals surface area contributed by atoms with Crippen LogP contribution in [0.15, 0.2) is 90.8 Å². The van der Waals surface area contributed by atoms with Gasteiger partial charge < -0.3 is 5.11 Å². The van der Waals surface area contributed by atoms with Gasteiger partial charge in [-0.25, -0.2) is 0 Å². The summed E-state index contributed by atoms with van der Waals surface area (Å²) >= 11 is 1.52. The number of hydrogen-bond acceptors (Lipinski definition) is 4. The molecule has 0 spiro atoms. The van der Waals surface area contributed by atoms with E-state index in [2.05, 4.69) is 23.2 Å². The molecule has 0 bridgehead atoms. The van der Waals surface area contributed by atoms with E-state index in [0.717, 1.165) is 56.6 Å². The summed E-state index contributed by atoms with van der Waals surface area (Å²) in [5.41, 5.74) is -2.63. The molecule has 1 N–H and O–H groups in total. The van der Waals surface area contributed by atoms with Crippen molar-refractivity contribution in [1.82, 2.24) is 4.98 Å². The van der Waals surface area contributed by atoms with Crippen molar-refractivity contribution in [2.75, 3.05) is 0 Å². The molecule has 0 aliphatic rings. The molecular weight excluding hydrogens is 775 g/mol. The summed E-state index contributed by atoms with van der Waals surface area (Å²) in [6.07, 6.45) is 6.55. The number of allylic oxidation sites excluding steroid dienone is 2. The number of carbonyl (C=O) groups is 1. The van der Waals surface area contributed by atoms with E-state index in [1.807, 2.05) is 58.0 Å². The molecule has 0 aliphatic heterocycles. The fourth-order valence-corrected chi connectivity index (χ4v) is 7.26. The molecule has 47 heavy (non-hydrogen) atoms. The average Bonchev–Trinajstić information content (AvgIpc) is 3.47. The van der Waals surface area contributed by atoms with Gasteiger partial charge in [0.1, 0.15) is 0 Å². The number of thiophene rings is 1. The largest absolute Gasteiger partial charge is 0.512 e. The van der Waals surface area contributed by atoms with Crippen LogP contribution < -0.4 is 0 Å². The van der Waals surface area contributed by atoms with Crippen LogP contribution in [0.25, 0.3) is 53.0 Å². The van der Waals surface area contributed by atoms with Gasteiger partial charge in [0.05, 0.1) is 5.76 Å². The monoisotopic (exact) mass is 830 g/mol. The van der Waals surface area contributed by atoms with Gasteiger partial charge in [-0.05, 0) is 65.5 Å². The molecule has 0 aliphatic carbocycles. The van der Waals surface area contributed by atoms with Gasteiger partial charge in [-0.15, -0.1) is 40.5 Å². The van der Waals surface area contributed by atoms with Crippen molar-refractivity contribution >= 4 is 58.8 Å². The number of carbonyl (C=O) groups excluding carboxylic acids is 1. The van der Waals surface area contributed by atoms with Gasteiger partial charge in [-0.1, -0.05) is 102 Å². The molecule has 247 valence electrons. The second-order valence-electron chi connectivity index (χ2n) is 11.7. The molecule has 5 heteroatoms. The maximum absolute atomic E-state index is 11.7. The van der Waals surface area contributed by atoms with Crippen molar-refractivity contribution in [1.29, 1.82) is 0 Å². The fraction of sp³-hybridized carbons (Fsp3) is 0.333. The summed E-state index contributed by atoms with van der Waals surface area (Å²) in [6.45, 7) is -2.09. The van der Waals surface area contributed by atoms with E-state index >= 15 is 0 Å². The number of aliphatic hydroxyl groups excluding tert-OH is 1. The van der Waals surface area contributed by atoms with Crippen LogP contribution >= 0.6 is 11.3 Å². The van der Waals surface area contributed by atoms with Crippen molar-refractivity contribution in [2.24, 2.45) is 11.8 Å². The van der Waals surface area contributed by atoms with Crippen molar-refractivity contribution in [2.45, 2.75) is 79.3 Å². The maximum atomic E-state index is 11.7. The van der Waals surface area contributed by atoms with Crippen LogP contribution in [-0.2, 0) is 30.3 Å². The normalized spacial score (nSPS) is 15.8. The molecule has 6 rings (SSSR count). The number of aliphatic hydroxyl groups is 1. The van der Waals surface area contributed by atoms with E-state index in [4.69, 9.17) is 12.3 Å². The van der Waals surface area contributed by atoms with Gasteiger partial charge in [0.2, 0.25) is 0 Å². The number of fused-ring (bicyclic) bond motifs is 5. The Bertz CT molecular complexity index is 2320. The van der Waals surface area contributed by atoms with Gasteiger partial charge in [0, 0.05) is 77.0 Å². The van der Waals surface area contributed by atoms with E-state index < -0.39 is 26.0 Å². The van der Waals surface area contributed by atoms with E-state index in [1.54, 1.807) is 30.5 Å². The van der Waals surface area contributed by atoms with E-state index in [0.29, 0.717) is 16.6 Å². The summed E-state index contributed by atoms with van der Waals surface area (Å²) < 4.78 is 76.6. The Balaban J connectivity index is 0.000000372. The minimum absolute atomic E-state index is 0. The third-order valence-electron chi connectivity index (χ3n) is 8.77. The number of benzene rings is 4. The molecular formula is C42H46IrNO2S-.